The lowest BCUT2D eigenvalue weighted by Gasteiger charge is -2.46. The third kappa shape index (κ3) is 2.30. The molecule has 0 saturated heterocycles. The molecule has 4 rings (SSSR count). The van der Waals surface area contributed by atoms with E-state index in [-0.39, 0.29) is 10.8 Å². The standard InChI is InChI=1S/C24H27NO2/c1-22(2,3)18-13-16-11-12-24(27-21(16)17(14-18)15-26)23(4,5)19-9-7-8-10-20(19)25(24)6/h7-15H,1-6H3. The van der Waals surface area contributed by atoms with Crippen LogP contribution in [0.1, 0.15) is 61.7 Å². The molecule has 0 N–H and O–H groups in total. The molecule has 3 heteroatoms. The van der Waals surface area contributed by atoms with Crippen molar-refractivity contribution in [2.75, 3.05) is 11.9 Å². The van der Waals surface area contributed by atoms with Gasteiger partial charge in [-0.05, 0) is 60.7 Å². The molecule has 0 aliphatic carbocycles. The maximum atomic E-state index is 11.9. The van der Waals surface area contributed by atoms with Crippen LogP contribution in [-0.2, 0) is 10.8 Å². The summed E-state index contributed by atoms with van der Waals surface area (Å²) >= 11 is 0. The first-order valence-electron chi connectivity index (χ1n) is 9.47. The van der Waals surface area contributed by atoms with Gasteiger partial charge in [-0.3, -0.25) is 4.79 Å². The molecule has 2 aliphatic rings. The van der Waals surface area contributed by atoms with Crippen LogP contribution >= 0.6 is 0 Å². The molecule has 0 amide bonds. The van der Waals surface area contributed by atoms with Crippen LogP contribution in [0.5, 0.6) is 5.75 Å². The average molecular weight is 361 g/mol. The highest BCUT2D eigenvalue weighted by molar-refractivity contribution is 5.85. The first-order valence-corrected chi connectivity index (χ1v) is 9.47. The van der Waals surface area contributed by atoms with Crippen LogP contribution in [0.15, 0.2) is 42.5 Å². The molecule has 2 heterocycles. The first-order chi connectivity index (χ1) is 12.6. The first kappa shape index (κ1) is 17.8. The van der Waals surface area contributed by atoms with Crippen molar-refractivity contribution in [3.8, 4) is 5.75 Å². The molecular formula is C24H27NO2. The van der Waals surface area contributed by atoms with E-state index in [1.54, 1.807) is 0 Å². The van der Waals surface area contributed by atoms with Crippen molar-refractivity contribution in [3.63, 3.8) is 0 Å². The number of rotatable bonds is 1. The lowest BCUT2D eigenvalue weighted by Crippen LogP contribution is -2.58. The van der Waals surface area contributed by atoms with Crippen molar-refractivity contribution in [1.29, 1.82) is 0 Å². The van der Waals surface area contributed by atoms with Gasteiger partial charge in [0.2, 0.25) is 5.72 Å². The van der Waals surface area contributed by atoms with Crippen molar-refractivity contribution in [3.05, 3.63) is 64.7 Å². The normalized spacial score (nSPS) is 22.4. The predicted molar refractivity (Wildman–Crippen MR) is 111 cm³/mol. The fourth-order valence-corrected chi connectivity index (χ4v) is 4.43. The molecular weight excluding hydrogens is 334 g/mol. The zero-order chi connectivity index (χ0) is 19.6. The monoisotopic (exact) mass is 361 g/mol. The second-order valence-electron chi connectivity index (χ2n) is 9.18. The van der Waals surface area contributed by atoms with Gasteiger partial charge in [0.1, 0.15) is 5.75 Å². The lowest BCUT2D eigenvalue weighted by atomic mass is 9.76. The Bertz CT molecular complexity index is 965. The number of nitrogens with zero attached hydrogens (tertiary/aromatic N) is 1. The summed E-state index contributed by atoms with van der Waals surface area (Å²) in [7, 11) is 2.06. The van der Waals surface area contributed by atoms with Gasteiger partial charge in [0.05, 0.1) is 11.0 Å². The van der Waals surface area contributed by atoms with Crippen LogP contribution in [-0.4, -0.2) is 19.1 Å². The summed E-state index contributed by atoms with van der Waals surface area (Å²) in [5.74, 6) is 0.674. The molecule has 2 aliphatic heterocycles. The number of carbonyl (C=O) groups excluding carboxylic acids is 1. The van der Waals surface area contributed by atoms with Crippen molar-refractivity contribution < 1.29 is 9.53 Å². The van der Waals surface area contributed by atoms with Crippen LogP contribution in [0.3, 0.4) is 0 Å². The quantitative estimate of drug-likeness (QED) is 0.643. The van der Waals surface area contributed by atoms with E-state index in [9.17, 15) is 4.79 Å². The third-order valence-corrected chi connectivity index (χ3v) is 6.22. The van der Waals surface area contributed by atoms with Gasteiger partial charge < -0.3 is 9.64 Å². The van der Waals surface area contributed by atoms with Crippen LogP contribution in [0.4, 0.5) is 5.69 Å². The zero-order valence-electron chi connectivity index (χ0n) is 17.0. The van der Waals surface area contributed by atoms with Gasteiger partial charge >= 0.3 is 0 Å². The Balaban J connectivity index is 1.90. The summed E-state index contributed by atoms with van der Waals surface area (Å²) < 4.78 is 6.69. The number of anilines is 1. The van der Waals surface area contributed by atoms with E-state index in [2.05, 4.69) is 89.1 Å². The second-order valence-corrected chi connectivity index (χ2v) is 9.18. The van der Waals surface area contributed by atoms with E-state index in [0.717, 1.165) is 23.1 Å². The Morgan fingerprint density at radius 2 is 1.81 bits per heavy atom. The Labute approximate surface area is 161 Å². The number of likely N-dealkylation sites (N-methyl/N-ethyl adjacent to an activating group) is 1. The van der Waals surface area contributed by atoms with E-state index < -0.39 is 5.72 Å². The van der Waals surface area contributed by atoms with Crippen LogP contribution in [0.25, 0.3) is 6.08 Å². The summed E-state index contributed by atoms with van der Waals surface area (Å²) in [5, 5.41) is 0. The maximum Gasteiger partial charge on any atom is 0.211 e. The Hall–Kier alpha value is -2.55. The SMILES string of the molecule is CN1c2ccccc2C(C)(C)C12C=Cc1cc(C(C)(C)C)cc(C=O)c1O2. The van der Waals surface area contributed by atoms with Crippen LogP contribution in [0, 0.1) is 0 Å². The smallest absolute Gasteiger partial charge is 0.211 e. The number of para-hydroxylation sites is 1. The summed E-state index contributed by atoms with van der Waals surface area (Å²) in [6.07, 6.45) is 5.18. The van der Waals surface area contributed by atoms with E-state index in [0.29, 0.717) is 11.3 Å². The highest BCUT2D eigenvalue weighted by Crippen LogP contribution is 2.54. The molecule has 0 bridgehead atoms. The minimum absolute atomic E-state index is 0.0323. The van der Waals surface area contributed by atoms with Crippen molar-refractivity contribution in [2.24, 2.45) is 0 Å². The van der Waals surface area contributed by atoms with Gasteiger partial charge in [-0.1, -0.05) is 39.0 Å². The number of carbonyl (C=O) groups is 1. The second kappa shape index (κ2) is 5.48. The van der Waals surface area contributed by atoms with Gasteiger partial charge in [-0.15, -0.1) is 0 Å². The van der Waals surface area contributed by atoms with E-state index in [1.165, 1.54) is 5.56 Å². The number of ether oxygens (including phenoxy) is 1. The molecule has 0 aromatic heterocycles. The summed E-state index contributed by atoms with van der Waals surface area (Å²) in [5.41, 5.74) is 4.16. The minimum Gasteiger partial charge on any atom is -0.462 e. The lowest BCUT2D eigenvalue weighted by molar-refractivity contribution is 0.0571. The van der Waals surface area contributed by atoms with Crippen molar-refractivity contribution in [2.45, 2.75) is 51.2 Å². The Morgan fingerprint density at radius 3 is 2.44 bits per heavy atom. The number of fused-ring (bicyclic) bond motifs is 2. The predicted octanol–water partition coefficient (Wildman–Crippen LogP) is 5.33. The molecule has 1 unspecified atom stereocenters. The fraction of sp³-hybridized carbons (Fsp3) is 0.375. The van der Waals surface area contributed by atoms with Gasteiger partial charge in [0.25, 0.3) is 0 Å². The third-order valence-electron chi connectivity index (χ3n) is 6.22. The average Bonchev–Trinajstić information content (AvgIpc) is 2.79. The summed E-state index contributed by atoms with van der Waals surface area (Å²) in [6.45, 7) is 10.9. The van der Waals surface area contributed by atoms with Gasteiger partial charge in [0, 0.05) is 18.3 Å². The van der Waals surface area contributed by atoms with Gasteiger partial charge in [0.15, 0.2) is 6.29 Å². The van der Waals surface area contributed by atoms with Crippen LogP contribution in [0.2, 0.25) is 0 Å². The number of hydrogen-bond acceptors (Lipinski definition) is 3. The molecule has 0 radical (unpaired) electrons. The van der Waals surface area contributed by atoms with E-state index >= 15 is 0 Å². The van der Waals surface area contributed by atoms with Gasteiger partial charge in [-0.2, -0.15) is 0 Å². The molecule has 1 atom stereocenters. The molecule has 2 aromatic carbocycles. The Kier molecular flexibility index (Phi) is 3.62. The number of benzene rings is 2. The van der Waals surface area contributed by atoms with E-state index in [4.69, 9.17) is 4.74 Å². The highest BCUT2D eigenvalue weighted by Gasteiger charge is 2.57. The molecule has 27 heavy (non-hydrogen) atoms. The molecule has 0 fully saturated rings. The Morgan fingerprint density at radius 1 is 1.11 bits per heavy atom. The zero-order valence-corrected chi connectivity index (χ0v) is 17.0. The molecule has 2 aromatic rings. The summed E-state index contributed by atoms with van der Waals surface area (Å²) in [4.78, 5) is 14.1. The summed E-state index contributed by atoms with van der Waals surface area (Å²) in [6, 6.07) is 12.5. The van der Waals surface area contributed by atoms with Crippen LogP contribution < -0.4 is 9.64 Å². The van der Waals surface area contributed by atoms with E-state index in [1.807, 2.05) is 6.07 Å². The molecule has 1 spiro atoms. The minimum atomic E-state index is -0.662. The topological polar surface area (TPSA) is 29.5 Å². The molecule has 0 saturated carbocycles. The van der Waals surface area contributed by atoms with Gasteiger partial charge in [-0.25, -0.2) is 0 Å². The maximum absolute atomic E-state index is 11.9. The number of aldehydes is 1. The molecule has 3 nitrogen and oxygen atoms in total. The highest BCUT2D eigenvalue weighted by atomic mass is 16.5. The number of hydrogen-bond donors (Lipinski definition) is 0. The largest absolute Gasteiger partial charge is 0.462 e. The van der Waals surface area contributed by atoms with Crippen molar-refractivity contribution in [1.82, 2.24) is 0 Å². The fourth-order valence-electron chi connectivity index (χ4n) is 4.43. The molecule has 140 valence electrons. The van der Waals surface area contributed by atoms with Crippen molar-refractivity contribution >= 4 is 18.0 Å².